The fourth-order valence-corrected chi connectivity index (χ4v) is 3.90. The monoisotopic (exact) mass is 212 g/mol. The third-order valence-corrected chi connectivity index (χ3v) is 4.67. The van der Waals surface area contributed by atoms with Crippen molar-refractivity contribution in [2.45, 2.75) is 39.0 Å². The molecule has 0 amide bonds. The van der Waals surface area contributed by atoms with E-state index in [2.05, 4.69) is 6.92 Å². The Bertz CT molecular complexity index is 205. The molecule has 0 bridgehead atoms. The summed E-state index contributed by atoms with van der Waals surface area (Å²) >= 11 is 0. The van der Waals surface area contributed by atoms with Crippen molar-refractivity contribution < 1.29 is 10.2 Å². The normalized spacial score (nSPS) is 46.2. The lowest BCUT2D eigenvalue weighted by molar-refractivity contribution is 0.154. The van der Waals surface area contributed by atoms with Gasteiger partial charge in [-0.15, -0.1) is 0 Å². The van der Waals surface area contributed by atoms with Crippen molar-refractivity contribution in [1.82, 2.24) is 0 Å². The van der Waals surface area contributed by atoms with Crippen molar-refractivity contribution in [2.24, 2.45) is 29.6 Å². The average Bonchev–Trinajstić information content (AvgIpc) is 2.82. The van der Waals surface area contributed by atoms with Crippen LogP contribution in [0.5, 0.6) is 0 Å². The lowest BCUT2D eigenvalue weighted by atomic mass is 9.82. The Kier molecular flexibility index (Phi) is 3.68. The summed E-state index contributed by atoms with van der Waals surface area (Å²) in [7, 11) is 0. The third kappa shape index (κ3) is 2.36. The SMILES string of the molecule is CC1CC(CO)C(C2CCC(CO)C2)C1. The van der Waals surface area contributed by atoms with E-state index in [1.54, 1.807) is 0 Å². The van der Waals surface area contributed by atoms with Crippen LogP contribution in [0.1, 0.15) is 39.0 Å². The van der Waals surface area contributed by atoms with E-state index in [4.69, 9.17) is 5.11 Å². The van der Waals surface area contributed by atoms with Crippen LogP contribution in [0.15, 0.2) is 0 Å². The molecule has 2 saturated carbocycles. The second-order valence-corrected chi connectivity index (χ2v) is 5.80. The molecular formula is C13H24O2. The van der Waals surface area contributed by atoms with Gasteiger partial charge in [0, 0.05) is 13.2 Å². The van der Waals surface area contributed by atoms with Crippen molar-refractivity contribution >= 4 is 0 Å². The maximum Gasteiger partial charge on any atom is 0.0462 e. The molecule has 2 heteroatoms. The van der Waals surface area contributed by atoms with Gasteiger partial charge < -0.3 is 10.2 Å². The molecule has 15 heavy (non-hydrogen) atoms. The summed E-state index contributed by atoms with van der Waals surface area (Å²) in [5.74, 6) is 3.40. The Morgan fingerprint density at radius 2 is 1.80 bits per heavy atom. The van der Waals surface area contributed by atoms with Crippen LogP contribution in [0.2, 0.25) is 0 Å². The molecule has 2 aliphatic rings. The fraction of sp³-hybridized carbons (Fsp3) is 1.00. The minimum atomic E-state index is 0.364. The summed E-state index contributed by atoms with van der Waals surface area (Å²) in [5.41, 5.74) is 0. The van der Waals surface area contributed by atoms with Crippen LogP contribution in [-0.4, -0.2) is 23.4 Å². The van der Waals surface area contributed by atoms with Gasteiger partial charge in [-0.2, -0.15) is 0 Å². The molecule has 0 aromatic carbocycles. The summed E-state index contributed by atoms with van der Waals surface area (Å²) in [6.07, 6.45) is 6.18. The quantitative estimate of drug-likeness (QED) is 0.751. The summed E-state index contributed by atoms with van der Waals surface area (Å²) in [6.45, 7) is 3.04. The molecule has 0 radical (unpaired) electrons. The van der Waals surface area contributed by atoms with Gasteiger partial charge in [0.25, 0.3) is 0 Å². The van der Waals surface area contributed by atoms with E-state index >= 15 is 0 Å². The van der Waals surface area contributed by atoms with Crippen molar-refractivity contribution in [3.05, 3.63) is 0 Å². The third-order valence-electron chi connectivity index (χ3n) is 4.67. The van der Waals surface area contributed by atoms with E-state index in [9.17, 15) is 5.11 Å². The number of hydrogen-bond donors (Lipinski definition) is 2. The fourth-order valence-electron chi connectivity index (χ4n) is 3.90. The second kappa shape index (κ2) is 4.84. The molecule has 0 spiro atoms. The second-order valence-electron chi connectivity index (χ2n) is 5.80. The van der Waals surface area contributed by atoms with Crippen LogP contribution in [0.3, 0.4) is 0 Å². The van der Waals surface area contributed by atoms with Gasteiger partial charge in [0.1, 0.15) is 0 Å². The predicted octanol–water partition coefficient (Wildman–Crippen LogP) is 2.05. The van der Waals surface area contributed by atoms with Gasteiger partial charge >= 0.3 is 0 Å². The number of aliphatic hydroxyl groups excluding tert-OH is 2. The lowest BCUT2D eigenvalue weighted by Crippen LogP contribution is -2.20. The molecule has 5 unspecified atom stereocenters. The summed E-state index contributed by atoms with van der Waals surface area (Å²) in [4.78, 5) is 0. The average molecular weight is 212 g/mol. The minimum Gasteiger partial charge on any atom is -0.396 e. The highest BCUT2D eigenvalue weighted by atomic mass is 16.3. The molecule has 2 nitrogen and oxygen atoms in total. The van der Waals surface area contributed by atoms with Gasteiger partial charge in [0.15, 0.2) is 0 Å². The highest BCUT2D eigenvalue weighted by molar-refractivity contribution is 4.89. The van der Waals surface area contributed by atoms with Crippen molar-refractivity contribution in [2.75, 3.05) is 13.2 Å². The van der Waals surface area contributed by atoms with E-state index in [1.807, 2.05) is 0 Å². The Balaban J connectivity index is 1.92. The van der Waals surface area contributed by atoms with Crippen LogP contribution >= 0.6 is 0 Å². The minimum absolute atomic E-state index is 0.364. The molecule has 2 fully saturated rings. The van der Waals surface area contributed by atoms with E-state index < -0.39 is 0 Å². The van der Waals surface area contributed by atoms with E-state index in [0.717, 1.165) is 17.8 Å². The van der Waals surface area contributed by atoms with E-state index in [1.165, 1.54) is 32.1 Å². The molecule has 2 N–H and O–H groups in total. The lowest BCUT2D eigenvalue weighted by Gasteiger charge is -2.24. The van der Waals surface area contributed by atoms with Crippen molar-refractivity contribution in [3.8, 4) is 0 Å². The highest BCUT2D eigenvalue weighted by Gasteiger charge is 2.39. The Hall–Kier alpha value is -0.0800. The molecule has 0 saturated heterocycles. The smallest absolute Gasteiger partial charge is 0.0462 e. The van der Waals surface area contributed by atoms with Crippen LogP contribution < -0.4 is 0 Å². The van der Waals surface area contributed by atoms with E-state index in [-0.39, 0.29) is 0 Å². The zero-order chi connectivity index (χ0) is 10.8. The van der Waals surface area contributed by atoms with Crippen LogP contribution in [-0.2, 0) is 0 Å². The van der Waals surface area contributed by atoms with Gasteiger partial charge in [0.2, 0.25) is 0 Å². The van der Waals surface area contributed by atoms with Crippen molar-refractivity contribution in [3.63, 3.8) is 0 Å². The number of rotatable bonds is 3. The number of aliphatic hydroxyl groups is 2. The van der Waals surface area contributed by atoms with Gasteiger partial charge in [-0.25, -0.2) is 0 Å². The molecule has 2 rings (SSSR count). The molecule has 5 atom stereocenters. The molecule has 0 aliphatic heterocycles. The Morgan fingerprint density at radius 1 is 1.00 bits per heavy atom. The van der Waals surface area contributed by atoms with Crippen LogP contribution in [0, 0.1) is 29.6 Å². The maximum absolute atomic E-state index is 9.39. The summed E-state index contributed by atoms with van der Waals surface area (Å²) in [6, 6.07) is 0. The number of hydrogen-bond acceptors (Lipinski definition) is 2. The topological polar surface area (TPSA) is 40.5 Å². The molecule has 88 valence electrons. The zero-order valence-corrected chi connectivity index (χ0v) is 9.73. The standard InChI is InChI=1S/C13H24O2/c1-9-4-12(8-15)13(5-9)11-3-2-10(6-11)7-14/h9-15H,2-8H2,1H3. The molecule has 0 aromatic heterocycles. The molecular weight excluding hydrogens is 188 g/mol. The van der Waals surface area contributed by atoms with Crippen molar-refractivity contribution in [1.29, 1.82) is 0 Å². The van der Waals surface area contributed by atoms with Gasteiger partial charge in [-0.1, -0.05) is 6.92 Å². The van der Waals surface area contributed by atoms with E-state index in [0.29, 0.717) is 25.0 Å². The maximum atomic E-state index is 9.39. The first-order valence-corrected chi connectivity index (χ1v) is 6.46. The Morgan fingerprint density at radius 3 is 2.40 bits per heavy atom. The zero-order valence-electron chi connectivity index (χ0n) is 9.73. The Labute approximate surface area is 92.7 Å². The molecule has 0 heterocycles. The first kappa shape index (κ1) is 11.4. The first-order chi connectivity index (χ1) is 7.24. The molecule has 2 aliphatic carbocycles. The highest BCUT2D eigenvalue weighted by Crippen LogP contribution is 2.47. The molecule has 0 aromatic rings. The van der Waals surface area contributed by atoms with Crippen LogP contribution in [0.25, 0.3) is 0 Å². The predicted molar refractivity (Wildman–Crippen MR) is 60.4 cm³/mol. The van der Waals surface area contributed by atoms with Gasteiger partial charge in [-0.3, -0.25) is 0 Å². The largest absolute Gasteiger partial charge is 0.396 e. The summed E-state index contributed by atoms with van der Waals surface area (Å²) < 4.78 is 0. The van der Waals surface area contributed by atoms with Crippen LogP contribution in [0.4, 0.5) is 0 Å². The first-order valence-electron chi connectivity index (χ1n) is 6.46. The van der Waals surface area contributed by atoms with Gasteiger partial charge in [-0.05, 0) is 61.7 Å². The summed E-state index contributed by atoms with van der Waals surface area (Å²) in [5, 5.41) is 18.5. The van der Waals surface area contributed by atoms with Gasteiger partial charge in [0.05, 0.1) is 0 Å².